The van der Waals surface area contributed by atoms with Gasteiger partial charge in [0, 0.05) is 28.4 Å². The van der Waals surface area contributed by atoms with Crippen molar-refractivity contribution in [2.75, 3.05) is 13.1 Å². The first-order valence-corrected chi connectivity index (χ1v) is 7.02. The first-order chi connectivity index (χ1) is 7.65. The molecule has 0 saturated carbocycles. The molecule has 1 aliphatic heterocycles. The number of rotatable bonds is 3. The van der Waals surface area contributed by atoms with E-state index >= 15 is 0 Å². The van der Waals surface area contributed by atoms with E-state index < -0.39 is 0 Å². The maximum Gasteiger partial charge on any atom is 0.0168 e. The van der Waals surface area contributed by atoms with Crippen LogP contribution in [-0.2, 0) is 6.42 Å². The van der Waals surface area contributed by atoms with Gasteiger partial charge in [-0.2, -0.15) is 0 Å². The van der Waals surface area contributed by atoms with Crippen molar-refractivity contribution >= 4 is 11.3 Å². The zero-order valence-electron chi connectivity index (χ0n) is 10.3. The third-order valence-electron chi connectivity index (χ3n) is 3.41. The molecule has 0 radical (unpaired) electrons. The summed E-state index contributed by atoms with van der Waals surface area (Å²) in [6.45, 7) is 6.80. The summed E-state index contributed by atoms with van der Waals surface area (Å²) in [5, 5.41) is 0. The van der Waals surface area contributed by atoms with Crippen molar-refractivity contribution in [2.45, 2.75) is 45.2 Å². The van der Waals surface area contributed by atoms with E-state index in [0.717, 1.165) is 6.54 Å². The predicted molar refractivity (Wildman–Crippen MR) is 71.0 cm³/mol. The van der Waals surface area contributed by atoms with Gasteiger partial charge in [-0.15, -0.1) is 11.3 Å². The quantitative estimate of drug-likeness (QED) is 0.876. The molecule has 0 amide bonds. The Morgan fingerprint density at radius 2 is 2.38 bits per heavy atom. The van der Waals surface area contributed by atoms with Crippen LogP contribution in [0.2, 0.25) is 0 Å². The Bertz CT molecular complexity index is 334. The molecule has 1 aliphatic rings. The molecule has 2 heterocycles. The maximum atomic E-state index is 6.02. The molecular weight excluding hydrogens is 216 g/mol. The van der Waals surface area contributed by atoms with Crippen LogP contribution in [0.25, 0.3) is 0 Å². The van der Waals surface area contributed by atoms with Crippen molar-refractivity contribution in [3.63, 3.8) is 0 Å². The van der Waals surface area contributed by atoms with Crippen LogP contribution in [0.15, 0.2) is 12.1 Å². The van der Waals surface area contributed by atoms with E-state index in [0.29, 0.717) is 12.1 Å². The summed E-state index contributed by atoms with van der Waals surface area (Å²) in [6, 6.07) is 5.50. The molecule has 0 aliphatic carbocycles. The predicted octanol–water partition coefficient (Wildman–Crippen LogP) is 2.41. The second-order valence-electron chi connectivity index (χ2n) is 4.96. The highest BCUT2D eigenvalue weighted by Crippen LogP contribution is 2.20. The van der Waals surface area contributed by atoms with Gasteiger partial charge < -0.3 is 5.73 Å². The molecular formula is C13H22N2S. The molecule has 1 aromatic rings. The highest BCUT2D eigenvalue weighted by atomic mass is 32.1. The molecule has 90 valence electrons. The normalized spacial score (nSPS) is 24.6. The van der Waals surface area contributed by atoms with Crippen LogP contribution in [0.4, 0.5) is 0 Å². The van der Waals surface area contributed by atoms with Crippen LogP contribution >= 0.6 is 11.3 Å². The third kappa shape index (κ3) is 3.06. The lowest BCUT2D eigenvalue weighted by Gasteiger charge is -2.35. The van der Waals surface area contributed by atoms with Gasteiger partial charge in [-0.1, -0.05) is 0 Å². The summed E-state index contributed by atoms with van der Waals surface area (Å²) < 4.78 is 0. The van der Waals surface area contributed by atoms with Crippen LogP contribution in [0.1, 0.15) is 29.5 Å². The minimum atomic E-state index is 0.390. The number of hydrogen-bond acceptors (Lipinski definition) is 3. The first kappa shape index (κ1) is 12.1. The van der Waals surface area contributed by atoms with Crippen LogP contribution in [0.3, 0.4) is 0 Å². The van der Waals surface area contributed by atoms with Crippen LogP contribution < -0.4 is 5.73 Å². The molecule has 2 rings (SSSR count). The van der Waals surface area contributed by atoms with Crippen molar-refractivity contribution < 1.29 is 0 Å². The van der Waals surface area contributed by atoms with E-state index in [1.165, 1.54) is 35.6 Å². The topological polar surface area (TPSA) is 29.3 Å². The maximum absolute atomic E-state index is 6.02. The van der Waals surface area contributed by atoms with Crippen molar-refractivity contribution in [3.8, 4) is 0 Å². The lowest BCUT2D eigenvalue weighted by Crippen LogP contribution is -2.47. The SMILES string of the molecule is Cc1ccc(CC(C)N2CCCC(N)C2)s1. The summed E-state index contributed by atoms with van der Waals surface area (Å²) in [7, 11) is 0. The van der Waals surface area contributed by atoms with Crippen LogP contribution in [0, 0.1) is 6.92 Å². The minimum absolute atomic E-state index is 0.390. The smallest absolute Gasteiger partial charge is 0.0168 e. The summed E-state index contributed by atoms with van der Waals surface area (Å²) in [4.78, 5) is 5.46. The Kier molecular flexibility index (Phi) is 4.00. The fourth-order valence-corrected chi connectivity index (χ4v) is 3.47. The van der Waals surface area contributed by atoms with Gasteiger partial charge in [0.15, 0.2) is 0 Å². The van der Waals surface area contributed by atoms with Gasteiger partial charge in [-0.25, -0.2) is 0 Å². The van der Waals surface area contributed by atoms with Gasteiger partial charge in [0.2, 0.25) is 0 Å². The number of thiophene rings is 1. The Morgan fingerprint density at radius 1 is 1.56 bits per heavy atom. The second kappa shape index (κ2) is 5.30. The number of hydrogen-bond donors (Lipinski definition) is 1. The van der Waals surface area contributed by atoms with Gasteiger partial charge in [-0.3, -0.25) is 4.90 Å². The Balaban J connectivity index is 1.89. The molecule has 1 aromatic heterocycles. The standard InChI is InChI=1S/C13H22N2S/c1-10(8-13-6-5-11(2)16-13)15-7-3-4-12(14)9-15/h5-6,10,12H,3-4,7-9,14H2,1-2H3. The first-order valence-electron chi connectivity index (χ1n) is 6.20. The largest absolute Gasteiger partial charge is 0.327 e. The number of piperidine rings is 1. The highest BCUT2D eigenvalue weighted by molar-refractivity contribution is 7.11. The van der Waals surface area contributed by atoms with Gasteiger partial charge in [0.05, 0.1) is 0 Å². The number of nitrogens with two attached hydrogens (primary N) is 1. The molecule has 0 bridgehead atoms. The zero-order chi connectivity index (χ0) is 11.5. The summed E-state index contributed by atoms with van der Waals surface area (Å²) >= 11 is 1.92. The molecule has 2 unspecified atom stereocenters. The Morgan fingerprint density at radius 3 is 3.00 bits per heavy atom. The van der Waals surface area contributed by atoms with Gasteiger partial charge in [0.25, 0.3) is 0 Å². The zero-order valence-corrected chi connectivity index (χ0v) is 11.1. The highest BCUT2D eigenvalue weighted by Gasteiger charge is 2.21. The molecule has 2 nitrogen and oxygen atoms in total. The summed E-state index contributed by atoms with van der Waals surface area (Å²) in [6.07, 6.45) is 3.63. The van der Waals surface area contributed by atoms with E-state index in [2.05, 4.69) is 30.9 Å². The van der Waals surface area contributed by atoms with Gasteiger partial charge >= 0.3 is 0 Å². The van der Waals surface area contributed by atoms with E-state index in [1.807, 2.05) is 11.3 Å². The number of aryl methyl sites for hydroxylation is 1. The molecule has 0 aromatic carbocycles. The molecule has 1 saturated heterocycles. The van der Waals surface area contributed by atoms with Crippen molar-refractivity contribution in [1.29, 1.82) is 0 Å². The lowest BCUT2D eigenvalue weighted by atomic mass is 10.0. The fourth-order valence-electron chi connectivity index (χ4n) is 2.46. The second-order valence-corrected chi connectivity index (χ2v) is 6.34. The molecule has 0 spiro atoms. The van der Waals surface area contributed by atoms with E-state index in [1.54, 1.807) is 0 Å². The third-order valence-corrected chi connectivity index (χ3v) is 4.43. The molecule has 16 heavy (non-hydrogen) atoms. The average molecular weight is 238 g/mol. The lowest BCUT2D eigenvalue weighted by molar-refractivity contribution is 0.159. The summed E-state index contributed by atoms with van der Waals surface area (Å²) in [5.74, 6) is 0. The molecule has 3 heteroatoms. The number of likely N-dealkylation sites (tertiary alicyclic amines) is 1. The van der Waals surface area contributed by atoms with Crippen LogP contribution in [0.5, 0.6) is 0 Å². The molecule has 2 atom stereocenters. The Hall–Kier alpha value is -0.380. The van der Waals surface area contributed by atoms with Crippen molar-refractivity contribution in [1.82, 2.24) is 4.90 Å². The van der Waals surface area contributed by atoms with E-state index in [4.69, 9.17) is 5.73 Å². The van der Waals surface area contributed by atoms with Crippen LogP contribution in [-0.4, -0.2) is 30.1 Å². The average Bonchev–Trinajstić information content (AvgIpc) is 2.64. The summed E-state index contributed by atoms with van der Waals surface area (Å²) in [5.41, 5.74) is 6.02. The minimum Gasteiger partial charge on any atom is -0.327 e. The van der Waals surface area contributed by atoms with E-state index in [-0.39, 0.29) is 0 Å². The Labute approximate surface area is 102 Å². The van der Waals surface area contributed by atoms with Crippen molar-refractivity contribution in [2.24, 2.45) is 5.73 Å². The monoisotopic (exact) mass is 238 g/mol. The molecule has 2 N–H and O–H groups in total. The van der Waals surface area contributed by atoms with Crippen molar-refractivity contribution in [3.05, 3.63) is 21.9 Å². The number of nitrogens with zero attached hydrogens (tertiary/aromatic N) is 1. The molecule has 1 fully saturated rings. The van der Waals surface area contributed by atoms with Gasteiger partial charge in [-0.05, 0) is 51.8 Å². The fraction of sp³-hybridized carbons (Fsp3) is 0.692. The van der Waals surface area contributed by atoms with Gasteiger partial charge in [0.1, 0.15) is 0 Å². The van der Waals surface area contributed by atoms with E-state index in [9.17, 15) is 0 Å².